The fourth-order valence-electron chi connectivity index (χ4n) is 2.47. The van der Waals surface area contributed by atoms with Gasteiger partial charge in [-0.3, -0.25) is 0 Å². The molecule has 1 fully saturated rings. The zero-order chi connectivity index (χ0) is 15.4. The Morgan fingerprint density at radius 2 is 2.09 bits per heavy atom. The van der Waals surface area contributed by atoms with Gasteiger partial charge in [-0.25, -0.2) is 17.7 Å². The normalized spacial score (nSPS) is 19.0. The van der Waals surface area contributed by atoms with Crippen LogP contribution in [0, 0.1) is 0 Å². The van der Waals surface area contributed by atoms with E-state index < -0.39 is 10.0 Å². The summed E-state index contributed by atoms with van der Waals surface area (Å²) in [5, 5.41) is 2.27. The van der Waals surface area contributed by atoms with Crippen molar-refractivity contribution in [3.8, 4) is 0 Å². The average Bonchev–Trinajstić information content (AvgIpc) is 3.08. The Bertz CT molecular complexity index is 681. The highest BCUT2D eigenvalue weighted by molar-refractivity contribution is 7.93. The van der Waals surface area contributed by atoms with Crippen LogP contribution < -0.4 is 4.31 Å². The SMILES string of the molecule is O=S(=O)(c1ccccc1)N(CC1CCCCO1)c1nccs1. The van der Waals surface area contributed by atoms with E-state index >= 15 is 0 Å². The molecule has 1 aromatic heterocycles. The maximum atomic E-state index is 12.9. The molecule has 0 spiro atoms. The van der Waals surface area contributed by atoms with Crippen LogP contribution in [-0.4, -0.2) is 32.7 Å². The lowest BCUT2D eigenvalue weighted by atomic mass is 10.1. The topological polar surface area (TPSA) is 59.5 Å². The summed E-state index contributed by atoms with van der Waals surface area (Å²) < 4.78 is 33.0. The van der Waals surface area contributed by atoms with E-state index in [1.165, 1.54) is 15.6 Å². The molecule has 22 heavy (non-hydrogen) atoms. The van der Waals surface area contributed by atoms with Crippen molar-refractivity contribution < 1.29 is 13.2 Å². The number of anilines is 1. The van der Waals surface area contributed by atoms with E-state index in [1.54, 1.807) is 41.9 Å². The Morgan fingerprint density at radius 1 is 1.27 bits per heavy atom. The van der Waals surface area contributed by atoms with Crippen LogP contribution in [0.1, 0.15) is 19.3 Å². The Kier molecular flexibility index (Phi) is 4.75. The van der Waals surface area contributed by atoms with Gasteiger partial charge < -0.3 is 4.74 Å². The minimum Gasteiger partial charge on any atom is -0.376 e. The Morgan fingerprint density at radius 3 is 2.73 bits per heavy atom. The highest BCUT2D eigenvalue weighted by Crippen LogP contribution is 2.27. The molecule has 1 saturated heterocycles. The summed E-state index contributed by atoms with van der Waals surface area (Å²) in [5.74, 6) is 0. The van der Waals surface area contributed by atoms with Gasteiger partial charge in [-0.2, -0.15) is 0 Å². The Balaban J connectivity index is 1.91. The molecule has 0 aliphatic carbocycles. The summed E-state index contributed by atoms with van der Waals surface area (Å²) in [5.41, 5.74) is 0. The van der Waals surface area contributed by atoms with E-state index in [9.17, 15) is 8.42 Å². The molecule has 118 valence electrons. The van der Waals surface area contributed by atoms with Gasteiger partial charge in [0.05, 0.1) is 17.5 Å². The first-order chi connectivity index (χ1) is 10.7. The van der Waals surface area contributed by atoms with E-state index in [4.69, 9.17) is 4.74 Å². The van der Waals surface area contributed by atoms with Crippen molar-refractivity contribution >= 4 is 26.5 Å². The minimum absolute atomic E-state index is 0.0730. The molecule has 1 atom stereocenters. The molecular weight excluding hydrogens is 320 g/mol. The number of ether oxygens (including phenoxy) is 1. The van der Waals surface area contributed by atoms with Gasteiger partial charge in [0.25, 0.3) is 10.0 Å². The van der Waals surface area contributed by atoms with Crippen molar-refractivity contribution in [1.29, 1.82) is 0 Å². The zero-order valence-corrected chi connectivity index (χ0v) is 13.7. The van der Waals surface area contributed by atoms with Crippen molar-refractivity contribution in [2.45, 2.75) is 30.3 Å². The molecule has 1 unspecified atom stereocenters. The van der Waals surface area contributed by atoms with Crippen LogP contribution in [0.2, 0.25) is 0 Å². The van der Waals surface area contributed by atoms with Gasteiger partial charge in [-0.15, -0.1) is 11.3 Å². The summed E-state index contributed by atoms with van der Waals surface area (Å²) >= 11 is 1.32. The van der Waals surface area contributed by atoms with Crippen LogP contribution in [0.15, 0.2) is 46.8 Å². The third-order valence-corrected chi connectivity index (χ3v) is 6.29. The highest BCUT2D eigenvalue weighted by Gasteiger charge is 2.30. The van der Waals surface area contributed by atoms with Gasteiger partial charge in [-0.1, -0.05) is 18.2 Å². The van der Waals surface area contributed by atoms with Crippen molar-refractivity contribution in [2.75, 3.05) is 17.5 Å². The number of thiazole rings is 1. The predicted molar refractivity (Wildman–Crippen MR) is 86.7 cm³/mol. The van der Waals surface area contributed by atoms with E-state index in [0.717, 1.165) is 19.3 Å². The molecule has 5 nitrogen and oxygen atoms in total. The fraction of sp³-hybridized carbons (Fsp3) is 0.400. The molecule has 0 amide bonds. The molecule has 0 saturated carbocycles. The largest absolute Gasteiger partial charge is 0.376 e. The highest BCUT2D eigenvalue weighted by atomic mass is 32.2. The first-order valence-corrected chi connectivity index (χ1v) is 9.59. The van der Waals surface area contributed by atoms with Crippen LogP contribution in [-0.2, 0) is 14.8 Å². The van der Waals surface area contributed by atoms with Crippen LogP contribution in [0.25, 0.3) is 0 Å². The predicted octanol–water partition coefficient (Wildman–Crippen LogP) is 2.91. The van der Waals surface area contributed by atoms with E-state index in [1.807, 2.05) is 0 Å². The third kappa shape index (κ3) is 3.31. The van der Waals surface area contributed by atoms with Gasteiger partial charge >= 0.3 is 0 Å². The molecule has 0 radical (unpaired) electrons. The average molecular weight is 338 g/mol. The summed E-state index contributed by atoms with van der Waals surface area (Å²) in [4.78, 5) is 4.46. The maximum absolute atomic E-state index is 12.9. The summed E-state index contributed by atoms with van der Waals surface area (Å²) in [6.07, 6.45) is 4.54. The van der Waals surface area contributed by atoms with Crippen LogP contribution in [0.4, 0.5) is 5.13 Å². The van der Waals surface area contributed by atoms with Gasteiger partial charge in [0, 0.05) is 18.2 Å². The molecule has 1 aliphatic rings. The van der Waals surface area contributed by atoms with Gasteiger partial charge in [0.2, 0.25) is 0 Å². The van der Waals surface area contributed by atoms with Crippen LogP contribution in [0.5, 0.6) is 0 Å². The number of nitrogens with zero attached hydrogens (tertiary/aromatic N) is 2. The zero-order valence-electron chi connectivity index (χ0n) is 12.1. The van der Waals surface area contributed by atoms with Crippen molar-refractivity contribution in [1.82, 2.24) is 4.98 Å². The third-order valence-electron chi connectivity index (χ3n) is 3.61. The molecular formula is C15H18N2O3S2. The van der Waals surface area contributed by atoms with Crippen LogP contribution in [0.3, 0.4) is 0 Å². The van der Waals surface area contributed by atoms with Crippen LogP contribution >= 0.6 is 11.3 Å². The monoisotopic (exact) mass is 338 g/mol. The number of benzene rings is 1. The number of sulfonamides is 1. The lowest BCUT2D eigenvalue weighted by molar-refractivity contribution is 0.0228. The second-order valence-corrected chi connectivity index (χ2v) is 7.89. The van der Waals surface area contributed by atoms with Crippen molar-refractivity contribution in [3.05, 3.63) is 41.9 Å². The number of aromatic nitrogens is 1. The van der Waals surface area contributed by atoms with Crippen molar-refractivity contribution in [2.24, 2.45) is 0 Å². The Hall–Kier alpha value is -1.44. The first-order valence-electron chi connectivity index (χ1n) is 7.27. The summed E-state index contributed by atoms with van der Waals surface area (Å²) in [6, 6.07) is 8.47. The maximum Gasteiger partial charge on any atom is 0.266 e. The molecule has 1 aliphatic heterocycles. The second kappa shape index (κ2) is 6.76. The first kappa shape index (κ1) is 15.5. The smallest absolute Gasteiger partial charge is 0.266 e. The standard InChI is InChI=1S/C15H18N2O3S2/c18-22(19,14-7-2-1-3-8-14)17(15-16-9-11-21-15)12-13-6-4-5-10-20-13/h1-3,7-9,11,13H,4-6,10,12H2. The molecule has 0 bridgehead atoms. The van der Waals surface area contributed by atoms with Gasteiger partial charge in [0.1, 0.15) is 0 Å². The van der Waals surface area contributed by atoms with Crippen molar-refractivity contribution in [3.63, 3.8) is 0 Å². The summed E-state index contributed by atoms with van der Waals surface area (Å²) in [6.45, 7) is 1.01. The number of rotatable bonds is 5. The van der Waals surface area contributed by atoms with Gasteiger partial charge in [0.15, 0.2) is 5.13 Å². The lowest BCUT2D eigenvalue weighted by Crippen LogP contribution is -2.39. The van der Waals surface area contributed by atoms with E-state index in [2.05, 4.69) is 4.98 Å². The molecule has 0 N–H and O–H groups in total. The molecule has 2 aromatic rings. The van der Waals surface area contributed by atoms with E-state index in [0.29, 0.717) is 18.3 Å². The fourth-order valence-corrected chi connectivity index (χ4v) is 4.83. The summed E-state index contributed by atoms with van der Waals surface area (Å²) in [7, 11) is -3.62. The molecule has 2 heterocycles. The Labute approximate surface area is 134 Å². The minimum atomic E-state index is -3.62. The van der Waals surface area contributed by atoms with Gasteiger partial charge in [-0.05, 0) is 31.4 Å². The molecule has 3 rings (SSSR count). The molecule has 1 aromatic carbocycles. The number of hydrogen-bond acceptors (Lipinski definition) is 5. The second-order valence-electron chi connectivity index (χ2n) is 5.15. The molecule has 7 heteroatoms. The van der Waals surface area contributed by atoms with E-state index in [-0.39, 0.29) is 11.0 Å². The quantitative estimate of drug-likeness (QED) is 0.841. The number of hydrogen-bond donors (Lipinski definition) is 0. The lowest BCUT2D eigenvalue weighted by Gasteiger charge is -2.29.